The van der Waals surface area contributed by atoms with Crippen molar-refractivity contribution < 1.29 is 30.8 Å². The minimum atomic E-state index is -5.72. The van der Waals surface area contributed by atoms with Crippen molar-refractivity contribution in [2.24, 2.45) is 0 Å². The molecule has 1 N–H and O–H groups in total. The van der Waals surface area contributed by atoms with Gasteiger partial charge < -0.3 is 5.32 Å². The van der Waals surface area contributed by atoms with Crippen LogP contribution >= 0.6 is 0 Å². The van der Waals surface area contributed by atoms with Gasteiger partial charge in [0.2, 0.25) is 0 Å². The second kappa shape index (κ2) is 7.13. The van der Waals surface area contributed by atoms with Crippen LogP contribution in [0, 0.1) is 17.1 Å². The first kappa shape index (κ1) is 19.4. The van der Waals surface area contributed by atoms with Crippen LogP contribution in [-0.2, 0) is 16.4 Å². The summed E-state index contributed by atoms with van der Waals surface area (Å²) in [5, 5.41) is 10.8. The molecule has 0 aromatic heterocycles. The molecule has 0 fully saturated rings. The highest BCUT2D eigenvalue weighted by atomic mass is 32.2. The number of nitrogens with one attached hydrogen (secondary N) is 1. The number of halogens is 4. The number of hydrogen-bond acceptors (Lipinski definition) is 4. The van der Waals surface area contributed by atoms with E-state index in [4.69, 9.17) is 5.26 Å². The predicted molar refractivity (Wildman–Crippen MR) is 82.0 cm³/mol. The summed E-state index contributed by atoms with van der Waals surface area (Å²) < 4.78 is 75.2. The van der Waals surface area contributed by atoms with Crippen molar-refractivity contribution in [2.75, 3.05) is 0 Å². The highest BCUT2D eigenvalue weighted by Crippen LogP contribution is 2.32. The number of carbonyl (C=O) groups excluding carboxylic acids is 1. The Balaban J connectivity index is 2.28. The quantitative estimate of drug-likeness (QED) is 0.819. The van der Waals surface area contributed by atoms with Crippen LogP contribution in [0.15, 0.2) is 47.4 Å². The van der Waals surface area contributed by atoms with E-state index in [1.807, 2.05) is 0 Å². The van der Waals surface area contributed by atoms with Crippen molar-refractivity contribution in [3.8, 4) is 6.07 Å². The predicted octanol–water partition coefficient (Wildman–Crippen LogP) is 2.92. The van der Waals surface area contributed by atoms with Gasteiger partial charge in [0.1, 0.15) is 5.82 Å². The largest absolute Gasteiger partial charge is 0.501 e. The molecule has 0 aliphatic carbocycles. The molecule has 0 bridgehead atoms. The lowest BCUT2D eigenvalue weighted by molar-refractivity contribution is -0.0436. The van der Waals surface area contributed by atoms with E-state index in [2.05, 4.69) is 5.32 Å². The van der Waals surface area contributed by atoms with Gasteiger partial charge in [0.05, 0.1) is 22.1 Å². The summed E-state index contributed by atoms with van der Waals surface area (Å²) in [6.07, 6.45) is 0. The second-order valence-electron chi connectivity index (χ2n) is 5.05. The van der Waals surface area contributed by atoms with Crippen LogP contribution in [0.3, 0.4) is 0 Å². The Morgan fingerprint density at radius 2 is 1.81 bits per heavy atom. The topological polar surface area (TPSA) is 87.0 Å². The van der Waals surface area contributed by atoms with Crippen LogP contribution in [0.2, 0.25) is 0 Å². The first-order valence-electron chi connectivity index (χ1n) is 6.95. The molecule has 136 valence electrons. The monoisotopic (exact) mass is 386 g/mol. The number of rotatable bonds is 4. The first-order valence-corrected chi connectivity index (χ1v) is 8.43. The van der Waals surface area contributed by atoms with Crippen LogP contribution in [-0.4, -0.2) is 19.8 Å². The van der Waals surface area contributed by atoms with Gasteiger partial charge in [-0.3, -0.25) is 4.79 Å². The van der Waals surface area contributed by atoms with Crippen LogP contribution < -0.4 is 5.32 Å². The molecule has 2 aromatic rings. The number of sulfone groups is 1. The highest BCUT2D eigenvalue weighted by molar-refractivity contribution is 7.92. The van der Waals surface area contributed by atoms with Crippen LogP contribution in [0.1, 0.15) is 21.5 Å². The normalized spacial score (nSPS) is 11.7. The molecule has 0 atom stereocenters. The summed E-state index contributed by atoms with van der Waals surface area (Å²) >= 11 is 0. The van der Waals surface area contributed by atoms with E-state index in [1.54, 1.807) is 6.07 Å². The zero-order valence-electron chi connectivity index (χ0n) is 12.8. The fourth-order valence-corrected chi connectivity index (χ4v) is 3.00. The molecule has 10 heteroatoms. The van der Waals surface area contributed by atoms with Gasteiger partial charge in [-0.05, 0) is 24.3 Å². The van der Waals surface area contributed by atoms with E-state index >= 15 is 0 Å². The average Bonchev–Trinajstić information content (AvgIpc) is 2.59. The van der Waals surface area contributed by atoms with Gasteiger partial charge >= 0.3 is 5.51 Å². The Morgan fingerprint density at radius 1 is 1.15 bits per heavy atom. The third-order valence-electron chi connectivity index (χ3n) is 3.35. The number of benzene rings is 2. The zero-order valence-corrected chi connectivity index (χ0v) is 13.7. The number of amides is 1. The summed E-state index contributed by atoms with van der Waals surface area (Å²) in [5.74, 6) is -1.90. The molecule has 0 radical (unpaired) electrons. The molecule has 0 aliphatic rings. The molecule has 0 aliphatic heterocycles. The highest BCUT2D eigenvalue weighted by Gasteiger charge is 2.48. The van der Waals surface area contributed by atoms with E-state index in [9.17, 15) is 30.8 Å². The third-order valence-corrected chi connectivity index (χ3v) is 4.89. The summed E-state index contributed by atoms with van der Waals surface area (Å²) in [6, 6.07) is 9.02. The van der Waals surface area contributed by atoms with Crippen molar-refractivity contribution >= 4 is 15.7 Å². The van der Waals surface area contributed by atoms with Crippen molar-refractivity contribution in [3.63, 3.8) is 0 Å². The minimum absolute atomic E-state index is 0.0199. The van der Waals surface area contributed by atoms with Gasteiger partial charge in [-0.15, -0.1) is 0 Å². The molecule has 0 unspecified atom stereocenters. The second-order valence-corrected chi connectivity index (χ2v) is 6.96. The molecule has 26 heavy (non-hydrogen) atoms. The average molecular weight is 386 g/mol. The summed E-state index contributed by atoms with van der Waals surface area (Å²) in [4.78, 5) is 10.9. The fourth-order valence-electron chi connectivity index (χ4n) is 2.04. The lowest BCUT2D eigenvalue weighted by Crippen LogP contribution is -2.29. The Bertz CT molecular complexity index is 995. The minimum Gasteiger partial charge on any atom is -0.348 e. The zero-order chi connectivity index (χ0) is 19.5. The van der Waals surface area contributed by atoms with E-state index < -0.39 is 44.1 Å². The fraction of sp³-hybridized carbons (Fsp3) is 0.125. The molecule has 5 nitrogen and oxygen atoms in total. The smallest absolute Gasteiger partial charge is 0.348 e. The maximum Gasteiger partial charge on any atom is 0.501 e. The Labute approximate surface area is 145 Å². The Morgan fingerprint density at radius 3 is 2.38 bits per heavy atom. The molecule has 2 rings (SSSR count). The van der Waals surface area contributed by atoms with Gasteiger partial charge in [-0.25, -0.2) is 12.8 Å². The number of carbonyl (C=O) groups is 1. The maximum absolute atomic E-state index is 13.8. The lowest BCUT2D eigenvalue weighted by Gasteiger charge is -2.13. The molecular weight excluding hydrogens is 376 g/mol. The summed E-state index contributed by atoms with van der Waals surface area (Å²) in [5.41, 5.74) is -6.24. The molecule has 0 heterocycles. The van der Waals surface area contributed by atoms with Gasteiger partial charge in [0.15, 0.2) is 0 Å². The van der Waals surface area contributed by atoms with Crippen molar-refractivity contribution in [1.82, 2.24) is 5.32 Å². The molecule has 2 aromatic carbocycles. The van der Waals surface area contributed by atoms with Crippen molar-refractivity contribution in [1.29, 1.82) is 5.26 Å². The summed E-state index contributed by atoms with van der Waals surface area (Å²) in [7, 11) is -5.72. The van der Waals surface area contributed by atoms with E-state index in [0.29, 0.717) is 6.07 Å². The van der Waals surface area contributed by atoms with Gasteiger partial charge in [0.25, 0.3) is 15.7 Å². The summed E-state index contributed by atoms with van der Waals surface area (Å²) in [6.45, 7) is -0.406. The number of alkyl halides is 3. The van der Waals surface area contributed by atoms with Gasteiger partial charge in [0, 0.05) is 12.1 Å². The lowest BCUT2D eigenvalue weighted by atomic mass is 10.1. The standard InChI is InChI=1S/C16H10F4N2O3S/c17-13-7-10(8-21)5-6-11(13)9-22-15(23)12-3-1-2-4-14(12)26(24,25)16(18,19)20/h1-7H,9H2,(H,22,23). The van der Waals surface area contributed by atoms with Crippen LogP contribution in [0.25, 0.3) is 0 Å². The van der Waals surface area contributed by atoms with Crippen molar-refractivity contribution in [3.05, 3.63) is 65.0 Å². The Kier molecular flexibility index (Phi) is 5.32. The third kappa shape index (κ3) is 3.83. The molecule has 0 saturated carbocycles. The van der Waals surface area contributed by atoms with E-state index in [0.717, 1.165) is 18.2 Å². The van der Waals surface area contributed by atoms with Crippen LogP contribution in [0.4, 0.5) is 17.6 Å². The number of nitrogens with zero attached hydrogens (tertiary/aromatic N) is 1. The van der Waals surface area contributed by atoms with Crippen LogP contribution in [0.5, 0.6) is 0 Å². The van der Waals surface area contributed by atoms with Gasteiger partial charge in [-0.1, -0.05) is 18.2 Å². The van der Waals surface area contributed by atoms with E-state index in [1.165, 1.54) is 18.2 Å². The van der Waals surface area contributed by atoms with Crippen molar-refractivity contribution in [2.45, 2.75) is 16.9 Å². The van der Waals surface area contributed by atoms with Gasteiger partial charge in [-0.2, -0.15) is 18.4 Å². The first-order chi connectivity index (χ1) is 12.1. The van der Waals surface area contributed by atoms with E-state index in [-0.39, 0.29) is 11.1 Å². The molecular formula is C16H10F4N2O3S. The molecule has 0 saturated heterocycles. The number of nitriles is 1. The Hall–Kier alpha value is -2.93. The number of hydrogen-bond donors (Lipinski definition) is 1. The maximum atomic E-state index is 13.8. The molecule has 1 amide bonds. The SMILES string of the molecule is N#Cc1ccc(CNC(=O)c2ccccc2S(=O)(=O)C(F)(F)F)c(F)c1. The molecule has 0 spiro atoms.